The van der Waals surface area contributed by atoms with E-state index in [0.717, 1.165) is 30.8 Å². The molecule has 4 heteroatoms. The van der Waals surface area contributed by atoms with Crippen LogP contribution in [-0.2, 0) is 16.0 Å². The lowest BCUT2D eigenvalue weighted by Crippen LogP contribution is -2.44. The summed E-state index contributed by atoms with van der Waals surface area (Å²) < 4.78 is 5.49. The third kappa shape index (κ3) is 2.11. The van der Waals surface area contributed by atoms with E-state index in [1.807, 2.05) is 19.1 Å². The summed E-state index contributed by atoms with van der Waals surface area (Å²) in [7, 11) is 0. The predicted octanol–water partition coefficient (Wildman–Crippen LogP) is 1.78. The third-order valence-corrected chi connectivity index (χ3v) is 4.07. The van der Waals surface area contributed by atoms with Crippen molar-refractivity contribution in [1.29, 1.82) is 0 Å². The molecular formula is C15H17NO3. The van der Waals surface area contributed by atoms with Gasteiger partial charge in [-0.2, -0.15) is 0 Å². The highest BCUT2D eigenvalue weighted by Gasteiger charge is 2.35. The smallest absolute Gasteiger partial charge is 0.230 e. The lowest BCUT2D eigenvalue weighted by molar-refractivity contribution is -0.137. The molecular weight excluding hydrogens is 242 g/mol. The molecule has 2 heterocycles. The topological polar surface area (TPSA) is 55.4 Å². The monoisotopic (exact) mass is 259 g/mol. The van der Waals surface area contributed by atoms with Crippen molar-refractivity contribution in [2.75, 3.05) is 6.61 Å². The van der Waals surface area contributed by atoms with Gasteiger partial charge in [0.2, 0.25) is 11.8 Å². The largest absolute Gasteiger partial charge is 0.493 e. The van der Waals surface area contributed by atoms with Gasteiger partial charge in [-0.1, -0.05) is 19.1 Å². The van der Waals surface area contributed by atoms with Gasteiger partial charge in [-0.3, -0.25) is 14.9 Å². The van der Waals surface area contributed by atoms with E-state index in [-0.39, 0.29) is 23.7 Å². The zero-order valence-electron chi connectivity index (χ0n) is 10.9. The minimum absolute atomic E-state index is 0.00264. The summed E-state index contributed by atoms with van der Waals surface area (Å²) in [6.45, 7) is 2.71. The Morgan fingerprint density at radius 2 is 2.21 bits per heavy atom. The molecule has 1 aromatic rings. The van der Waals surface area contributed by atoms with Gasteiger partial charge in [0.15, 0.2) is 0 Å². The van der Waals surface area contributed by atoms with Gasteiger partial charge >= 0.3 is 0 Å². The number of ether oxygens (including phenoxy) is 1. The van der Waals surface area contributed by atoms with Crippen molar-refractivity contribution in [2.45, 2.75) is 32.1 Å². The summed E-state index contributed by atoms with van der Waals surface area (Å²) in [5.74, 6) is 0.510. The molecule has 19 heavy (non-hydrogen) atoms. The molecule has 0 spiro atoms. The fraction of sp³-hybridized carbons (Fsp3) is 0.467. The van der Waals surface area contributed by atoms with Crippen LogP contribution in [0, 0.1) is 5.92 Å². The minimum Gasteiger partial charge on any atom is -0.493 e. The van der Waals surface area contributed by atoms with Crippen molar-refractivity contribution < 1.29 is 14.3 Å². The number of carbonyl (C=O) groups is 2. The van der Waals surface area contributed by atoms with Crippen LogP contribution >= 0.6 is 0 Å². The van der Waals surface area contributed by atoms with E-state index in [1.165, 1.54) is 5.56 Å². The number of hydrogen-bond acceptors (Lipinski definition) is 3. The van der Waals surface area contributed by atoms with E-state index in [0.29, 0.717) is 6.42 Å². The first kappa shape index (κ1) is 12.2. The van der Waals surface area contributed by atoms with Crippen LogP contribution in [0.3, 0.4) is 0 Å². The predicted molar refractivity (Wildman–Crippen MR) is 69.9 cm³/mol. The van der Waals surface area contributed by atoms with Crippen LogP contribution in [0.25, 0.3) is 0 Å². The number of fused-ring (bicyclic) bond motifs is 1. The number of imide groups is 1. The Balaban J connectivity index is 1.94. The second-order valence-electron chi connectivity index (χ2n) is 5.20. The minimum atomic E-state index is -0.170. The molecule has 0 radical (unpaired) electrons. The van der Waals surface area contributed by atoms with Crippen LogP contribution < -0.4 is 10.1 Å². The van der Waals surface area contributed by atoms with Crippen LogP contribution in [-0.4, -0.2) is 18.4 Å². The normalized spacial score (nSPS) is 25.7. The van der Waals surface area contributed by atoms with Crippen LogP contribution in [0.4, 0.5) is 0 Å². The van der Waals surface area contributed by atoms with Gasteiger partial charge < -0.3 is 4.74 Å². The second-order valence-corrected chi connectivity index (χ2v) is 5.20. The van der Waals surface area contributed by atoms with Crippen molar-refractivity contribution in [3.05, 3.63) is 29.3 Å². The summed E-state index contributed by atoms with van der Waals surface area (Å²) in [5, 5.41) is 2.43. The van der Waals surface area contributed by atoms with E-state index < -0.39 is 0 Å². The highest BCUT2D eigenvalue weighted by Crippen LogP contribution is 2.36. The van der Waals surface area contributed by atoms with Gasteiger partial charge in [-0.05, 0) is 23.6 Å². The summed E-state index contributed by atoms with van der Waals surface area (Å²) in [4.78, 5) is 23.5. The second kappa shape index (κ2) is 4.68. The van der Waals surface area contributed by atoms with Gasteiger partial charge in [-0.15, -0.1) is 0 Å². The SMILES string of the molecule is CCC1C(=O)NC(=O)CC1c1ccc2c(c1)CCO2. The van der Waals surface area contributed by atoms with E-state index in [1.54, 1.807) is 0 Å². The van der Waals surface area contributed by atoms with Crippen LogP contribution in [0.15, 0.2) is 18.2 Å². The number of piperidine rings is 1. The van der Waals surface area contributed by atoms with Crippen LogP contribution in [0.2, 0.25) is 0 Å². The first-order valence-corrected chi connectivity index (χ1v) is 6.78. The zero-order chi connectivity index (χ0) is 13.4. The van der Waals surface area contributed by atoms with E-state index in [4.69, 9.17) is 4.74 Å². The molecule has 0 aliphatic carbocycles. The lowest BCUT2D eigenvalue weighted by Gasteiger charge is -2.29. The van der Waals surface area contributed by atoms with Gasteiger partial charge in [0.1, 0.15) is 5.75 Å². The molecule has 2 atom stereocenters. The fourth-order valence-corrected chi connectivity index (χ4v) is 3.06. The van der Waals surface area contributed by atoms with Gasteiger partial charge in [0.05, 0.1) is 6.61 Å². The first-order valence-electron chi connectivity index (χ1n) is 6.78. The van der Waals surface area contributed by atoms with Crippen molar-refractivity contribution in [1.82, 2.24) is 5.32 Å². The molecule has 1 aromatic carbocycles. The molecule has 2 amide bonds. The Kier molecular flexibility index (Phi) is 3.01. The molecule has 4 nitrogen and oxygen atoms in total. The van der Waals surface area contributed by atoms with Crippen molar-refractivity contribution in [2.24, 2.45) is 5.92 Å². The molecule has 2 aliphatic heterocycles. The van der Waals surface area contributed by atoms with E-state index in [9.17, 15) is 9.59 Å². The molecule has 1 saturated heterocycles. The third-order valence-electron chi connectivity index (χ3n) is 4.07. The average Bonchev–Trinajstić information content (AvgIpc) is 2.85. The van der Waals surface area contributed by atoms with Crippen molar-refractivity contribution in [3.8, 4) is 5.75 Å². The fourth-order valence-electron chi connectivity index (χ4n) is 3.06. The van der Waals surface area contributed by atoms with Gasteiger partial charge in [0, 0.05) is 24.7 Å². The molecule has 0 aromatic heterocycles. The quantitative estimate of drug-likeness (QED) is 0.824. The molecule has 2 aliphatic rings. The Labute approximate surface area is 112 Å². The summed E-state index contributed by atoms with van der Waals surface area (Å²) in [6, 6.07) is 6.05. The van der Waals surface area contributed by atoms with Crippen LogP contribution in [0.5, 0.6) is 5.75 Å². The number of rotatable bonds is 2. The highest BCUT2D eigenvalue weighted by atomic mass is 16.5. The first-order chi connectivity index (χ1) is 9.19. The number of nitrogens with one attached hydrogen (secondary N) is 1. The Bertz CT molecular complexity index is 538. The Hall–Kier alpha value is -1.84. The van der Waals surface area contributed by atoms with Crippen molar-refractivity contribution >= 4 is 11.8 Å². The number of amides is 2. The lowest BCUT2D eigenvalue weighted by atomic mass is 9.78. The van der Waals surface area contributed by atoms with Crippen molar-refractivity contribution in [3.63, 3.8) is 0 Å². The van der Waals surface area contributed by atoms with E-state index >= 15 is 0 Å². The average molecular weight is 259 g/mol. The summed E-state index contributed by atoms with van der Waals surface area (Å²) >= 11 is 0. The maximum Gasteiger partial charge on any atom is 0.230 e. The van der Waals surface area contributed by atoms with Gasteiger partial charge in [-0.25, -0.2) is 0 Å². The van der Waals surface area contributed by atoms with Gasteiger partial charge in [0.25, 0.3) is 0 Å². The standard InChI is InChI=1S/C15H17NO3/c1-2-11-12(8-14(17)16-15(11)18)9-3-4-13-10(7-9)5-6-19-13/h3-4,7,11-12H,2,5-6,8H2,1H3,(H,16,17,18). The Morgan fingerprint density at radius 1 is 1.37 bits per heavy atom. The molecule has 100 valence electrons. The zero-order valence-corrected chi connectivity index (χ0v) is 10.9. The maximum absolute atomic E-state index is 11.9. The number of benzene rings is 1. The molecule has 1 fully saturated rings. The molecule has 2 unspecified atom stereocenters. The number of carbonyl (C=O) groups excluding carboxylic acids is 2. The molecule has 3 rings (SSSR count). The Morgan fingerprint density at radius 3 is 3.00 bits per heavy atom. The summed E-state index contributed by atoms with van der Waals surface area (Å²) in [6.07, 6.45) is 2.05. The summed E-state index contributed by atoms with van der Waals surface area (Å²) in [5.41, 5.74) is 2.27. The molecule has 0 saturated carbocycles. The highest BCUT2D eigenvalue weighted by molar-refractivity contribution is 5.99. The van der Waals surface area contributed by atoms with E-state index in [2.05, 4.69) is 11.4 Å². The molecule has 1 N–H and O–H groups in total. The maximum atomic E-state index is 11.9. The van der Waals surface area contributed by atoms with Crippen LogP contribution in [0.1, 0.15) is 36.8 Å². The number of hydrogen-bond donors (Lipinski definition) is 1. The molecule has 0 bridgehead atoms.